The maximum atomic E-state index is 10.4. The van der Waals surface area contributed by atoms with Gasteiger partial charge in [0, 0.05) is 13.1 Å². The first-order valence-corrected chi connectivity index (χ1v) is 10.2. The Kier molecular flexibility index (Phi) is 6.01. The number of aliphatic hydroxyl groups excluding tert-OH is 3. The summed E-state index contributed by atoms with van der Waals surface area (Å²) in [5.74, 6) is 0.635. The second kappa shape index (κ2) is 8.72. The molecule has 9 heteroatoms. The van der Waals surface area contributed by atoms with Gasteiger partial charge in [-0.1, -0.05) is 29.8 Å². The second-order valence-corrected chi connectivity index (χ2v) is 7.85. The van der Waals surface area contributed by atoms with Crippen LogP contribution in [-0.4, -0.2) is 66.3 Å². The van der Waals surface area contributed by atoms with Crippen LogP contribution >= 0.6 is 0 Å². The molecule has 1 saturated heterocycles. The van der Waals surface area contributed by atoms with Gasteiger partial charge in [0.2, 0.25) is 0 Å². The molecule has 31 heavy (non-hydrogen) atoms. The highest BCUT2D eigenvalue weighted by Crippen LogP contribution is 2.33. The summed E-state index contributed by atoms with van der Waals surface area (Å²) in [6, 6.07) is 6.34. The van der Waals surface area contributed by atoms with Crippen LogP contribution in [-0.2, 0) is 11.3 Å². The van der Waals surface area contributed by atoms with Gasteiger partial charge < -0.3 is 25.0 Å². The lowest BCUT2D eigenvalue weighted by Gasteiger charge is -2.24. The van der Waals surface area contributed by atoms with Crippen molar-refractivity contribution in [3.8, 4) is 0 Å². The van der Waals surface area contributed by atoms with Crippen molar-refractivity contribution in [2.24, 2.45) is 0 Å². The van der Waals surface area contributed by atoms with Crippen molar-refractivity contribution in [1.29, 1.82) is 0 Å². The fourth-order valence-corrected chi connectivity index (χ4v) is 3.93. The molecular formula is C22H27N5O4. The monoisotopic (exact) mass is 425 g/mol. The van der Waals surface area contributed by atoms with Crippen LogP contribution in [0.2, 0.25) is 0 Å². The molecule has 0 radical (unpaired) electrons. The van der Waals surface area contributed by atoms with Crippen LogP contribution in [0, 0.1) is 13.8 Å². The molecule has 0 aliphatic carbocycles. The van der Waals surface area contributed by atoms with Crippen LogP contribution < -0.4 is 4.90 Å². The number of ether oxygens (including phenoxy) is 1. The van der Waals surface area contributed by atoms with Crippen LogP contribution in [0.3, 0.4) is 0 Å². The number of benzene rings is 1. The number of anilines is 1. The average molecular weight is 425 g/mol. The third kappa shape index (κ3) is 3.92. The Bertz CT molecular complexity index is 1080. The Labute approximate surface area is 180 Å². The summed E-state index contributed by atoms with van der Waals surface area (Å²) < 4.78 is 7.21. The van der Waals surface area contributed by atoms with E-state index in [1.807, 2.05) is 6.08 Å². The van der Waals surface area contributed by atoms with E-state index in [1.54, 1.807) is 4.57 Å². The normalized spacial score (nSPS) is 23.4. The zero-order chi connectivity index (χ0) is 22.1. The van der Waals surface area contributed by atoms with Gasteiger partial charge in [-0.25, -0.2) is 15.0 Å². The Morgan fingerprint density at radius 2 is 2.00 bits per heavy atom. The maximum Gasteiger partial charge on any atom is 0.167 e. The van der Waals surface area contributed by atoms with Crippen molar-refractivity contribution in [3.63, 3.8) is 0 Å². The molecule has 1 fully saturated rings. The molecule has 3 aromatic rings. The molecule has 9 nitrogen and oxygen atoms in total. The molecule has 0 unspecified atom stereocenters. The Morgan fingerprint density at radius 3 is 2.71 bits per heavy atom. The van der Waals surface area contributed by atoms with Crippen LogP contribution in [0.25, 0.3) is 11.2 Å². The fourth-order valence-electron chi connectivity index (χ4n) is 3.93. The summed E-state index contributed by atoms with van der Waals surface area (Å²) in [4.78, 5) is 15.4. The predicted octanol–water partition coefficient (Wildman–Crippen LogP) is 1.25. The number of nitrogens with zero attached hydrogens (tertiary/aromatic N) is 5. The molecule has 2 aromatic heterocycles. The summed E-state index contributed by atoms with van der Waals surface area (Å²) >= 11 is 0. The topological polar surface area (TPSA) is 117 Å². The van der Waals surface area contributed by atoms with E-state index < -0.39 is 31.1 Å². The Balaban J connectivity index is 1.72. The van der Waals surface area contributed by atoms with Gasteiger partial charge in [-0.05, 0) is 25.0 Å². The number of aliphatic hydroxyl groups is 3. The third-order valence-electron chi connectivity index (χ3n) is 5.65. The first-order chi connectivity index (χ1) is 14.9. The van der Waals surface area contributed by atoms with E-state index >= 15 is 0 Å². The molecule has 4 rings (SSSR count). The van der Waals surface area contributed by atoms with Crippen molar-refractivity contribution in [3.05, 3.63) is 60.2 Å². The molecule has 1 aliphatic rings. The highest BCUT2D eigenvalue weighted by molar-refractivity contribution is 5.83. The minimum atomic E-state index is -1.22. The summed E-state index contributed by atoms with van der Waals surface area (Å²) in [5.41, 5.74) is 4.56. The minimum absolute atomic E-state index is 0.398. The van der Waals surface area contributed by atoms with Gasteiger partial charge in [0.1, 0.15) is 24.6 Å². The summed E-state index contributed by atoms with van der Waals surface area (Å²) in [6.45, 7) is 8.79. The summed E-state index contributed by atoms with van der Waals surface area (Å²) in [6.07, 6.45) is 0.556. The zero-order valence-corrected chi connectivity index (χ0v) is 17.6. The number of hydrogen-bond acceptors (Lipinski definition) is 8. The lowest BCUT2D eigenvalue weighted by molar-refractivity contribution is -0.0511. The number of rotatable bonds is 7. The van der Waals surface area contributed by atoms with Crippen LogP contribution in [0.5, 0.6) is 0 Å². The number of imidazole rings is 1. The summed E-state index contributed by atoms with van der Waals surface area (Å²) in [5, 5.41) is 29.9. The molecule has 4 atom stereocenters. The highest BCUT2D eigenvalue weighted by Gasteiger charge is 2.44. The first kappa shape index (κ1) is 21.4. The Hall–Kier alpha value is -2.85. The van der Waals surface area contributed by atoms with E-state index in [2.05, 4.69) is 58.5 Å². The number of hydrogen-bond donors (Lipinski definition) is 3. The molecule has 0 amide bonds. The van der Waals surface area contributed by atoms with Gasteiger partial charge in [-0.15, -0.1) is 6.58 Å². The van der Waals surface area contributed by atoms with Crippen molar-refractivity contribution in [2.45, 2.75) is 44.9 Å². The third-order valence-corrected chi connectivity index (χ3v) is 5.65. The van der Waals surface area contributed by atoms with E-state index in [0.29, 0.717) is 30.1 Å². The van der Waals surface area contributed by atoms with Crippen LogP contribution in [0.15, 0.2) is 43.5 Å². The van der Waals surface area contributed by atoms with Gasteiger partial charge >= 0.3 is 0 Å². The Morgan fingerprint density at radius 1 is 1.19 bits per heavy atom. The van der Waals surface area contributed by atoms with Crippen molar-refractivity contribution in [1.82, 2.24) is 19.5 Å². The maximum absolute atomic E-state index is 10.4. The molecule has 1 aliphatic heterocycles. The van der Waals surface area contributed by atoms with Crippen molar-refractivity contribution < 1.29 is 20.1 Å². The number of aryl methyl sites for hydroxylation is 2. The molecule has 3 heterocycles. The van der Waals surface area contributed by atoms with Gasteiger partial charge in [0.05, 0.1) is 12.9 Å². The van der Waals surface area contributed by atoms with Crippen molar-refractivity contribution in [2.75, 3.05) is 18.1 Å². The molecule has 0 spiro atoms. The van der Waals surface area contributed by atoms with Crippen LogP contribution in [0.4, 0.5) is 5.82 Å². The fraction of sp³-hybridized carbons (Fsp3) is 0.409. The molecule has 3 N–H and O–H groups in total. The van der Waals surface area contributed by atoms with E-state index in [9.17, 15) is 15.3 Å². The van der Waals surface area contributed by atoms with E-state index in [1.165, 1.54) is 29.3 Å². The van der Waals surface area contributed by atoms with Gasteiger partial charge in [-0.2, -0.15) is 0 Å². The van der Waals surface area contributed by atoms with Crippen molar-refractivity contribution >= 4 is 17.0 Å². The molecule has 0 saturated carbocycles. The lowest BCUT2D eigenvalue weighted by Crippen LogP contribution is -2.33. The van der Waals surface area contributed by atoms with Crippen LogP contribution in [0.1, 0.15) is 22.9 Å². The van der Waals surface area contributed by atoms with E-state index in [0.717, 1.165) is 0 Å². The molecular weight excluding hydrogens is 398 g/mol. The zero-order valence-electron chi connectivity index (χ0n) is 17.6. The second-order valence-electron chi connectivity index (χ2n) is 7.85. The smallest absolute Gasteiger partial charge is 0.167 e. The SMILES string of the molecule is C=CCN(Cc1cc(C)ccc1C)c1ncnc2c1ncn2[C@@H]1O[C@H](CO)[C@@H](O)[C@H]1O. The number of fused-ring (bicyclic) bond motifs is 1. The molecule has 0 bridgehead atoms. The van der Waals surface area contributed by atoms with Gasteiger partial charge in [0.15, 0.2) is 23.2 Å². The average Bonchev–Trinajstić information content (AvgIpc) is 3.31. The van der Waals surface area contributed by atoms with Gasteiger partial charge in [-0.3, -0.25) is 4.57 Å². The lowest BCUT2D eigenvalue weighted by atomic mass is 10.1. The highest BCUT2D eigenvalue weighted by atomic mass is 16.6. The summed E-state index contributed by atoms with van der Waals surface area (Å²) in [7, 11) is 0. The predicted molar refractivity (Wildman–Crippen MR) is 115 cm³/mol. The standard InChI is InChI=1S/C22H27N5O4/c1-4-7-26(9-15-8-13(2)5-6-14(15)3)20-17-21(24-11-23-20)27(12-25-17)22-19(30)18(29)16(10-28)31-22/h4-6,8,11-12,16,18-19,22,28-30H,1,7,9-10H2,2-3H3/t16-,18-,19-,22-/m1/s1. The molecule has 164 valence electrons. The molecule has 1 aromatic carbocycles. The first-order valence-electron chi connectivity index (χ1n) is 10.2. The van der Waals surface area contributed by atoms with E-state index in [-0.39, 0.29) is 0 Å². The van der Waals surface area contributed by atoms with Gasteiger partial charge in [0.25, 0.3) is 0 Å². The largest absolute Gasteiger partial charge is 0.394 e. The van der Waals surface area contributed by atoms with E-state index in [4.69, 9.17) is 4.74 Å². The number of aromatic nitrogens is 4. The minimum Gasteiger partial charge on any atom is -0.394 e. The quantitative estimate of drug-likeness (QED) is 0.484.